The molecule has 0 saturated carbocycles. The van der Waals surface area contributed by atoms with Crippen LogP contribution in [0.1, 0.15) is 17.4 Å². The van der Waals surface area contributed by atoms with Crippen LogP contribution in [0.5, 0.6) is 0 Å². The maximum Gasteiger partial charge on any atom is 0.136 e. The van der Waals surface area contributed by atoms with Gasteiger partial charge < -0.3 is 20.4 Å². The summed E-state index contributed by atoms with van der Waals surface area (Å²) in [5.41, 5.74) is 6.26. The Labute approximate surface area is 70.6 Å². The lowest BCUT2D eigenvalue weighted by Gasteiger charge is -2.14. The van der Waals surface area contributed by atoms with Crippen LogP contribution in [-0.2, 0) is 0 Å². The average Bonchev–Trinajstić information content (AvgIpc) is 2.48. The van der Waals surface area contributed by atoms with E-state index in [0.717, 1.165) is 5.56 Å². The van der Waals surface area contributed by atoms with Crippen LogP contribution in [0, 0.1) is 6.92 Å². The van der Waals surface area contributed by atoms with Crippen LogP contribution in [0.3, 0.4) is 0 Å². The molecule has 0 aliphatic heterocycles. The molecule has 4 nitrogen and oxygen atoms in total. The summed E-state index contributed by atoms with van der Waals surface area (Å²) in [4.78, 5) is 0. The van der Waals surface area contributed by atoms with Crippen LogP contribution in [0.2, 0.25) is 0 Å². The molecule has 0 aromatic carbocycles. The Bertz CT molecular complexity index is 246. The predicted octanol–water partition coefficient (Wildman–Crippen LogP) is -0.0590. The van der Waals surface area contributed by atoms with E-state index in [0.29, 0.717) is 5.76 Å². The third-order valence-electron chi connectivity index (χ3n) is 1.79. The lowest BCUT2D eigenvalue weighted by atomic mass is 10.1. The van der Waals surface area contributed by atoms with E-state index in [9.17, 15) is 5.11 Å². The Morgan fingerprint density at radius 3 is 2.75 bits per heavy atom. The van der Waals surface area contributed by atoms with Gasteiger partial charge in [0.15, 0.2) is 0 Å². The molecule has 0 fully saturated rings. The molecule has 0 aliphatic carbocycles. The number of aryl methyl sites for hydroxylation is 1. The molecule has 1 aromatic heterocycles. The second-order valence-corrected chi connectivity index (χ2v) is 2.76. The monoisotopic (exact) mass is 171 g/mol. The molecule has 2 unspecified atom stereocenters. The largest absolute Gasteiger partial charge is 0.466 e. The molecule has 1 heterocycles. The molecular formula is C8H13NO3. The van der Waals surface area contributed by atoms with E-state index in [-0.39, 0.29) is 6.61 Å². The highest BCUT2D eigenvalue weighted by Gasteiger charge is 2.20. The Morgan fingerprint density at radius 1 is 1.67 bits per heavy atom. The van der Waals surface area contributed by atoms with Crippen molar-refractivity contribution in [3.8, 4) is 0 Å². The lowest BCUT2D eigenvalue weighted by molar-refractivity contribution is 0.0897. The molecular weight excluding hydrogens is 158 g/mol. The number of furan rings is 1. The molecule has 0 amide bonds. The fourth-order valence-electron chi connectivity index (χ4n) is 0.982. The Kier molecular flexibility index (Phi) is 2.86. The number of aliphatic hydroxyl groups is 2. The summed E-state index contributed by atoms with van der Waals surface area (Å²) in [5.74, 6) is 0.427. The van der Waals surface area contributed by atoms with Gasteiger partial charge in [-0.05, 0) is 18.6 Å². The lowest BCUT2D eigenvalue weighted by Crippen LogP contribution is -2.31. The van der Waals surface area contributed by atoms with Crippen molar-refractivity contribution >= 4 is 0 Å². The first kappa shape index (κ1) is 9.25. The average molecular weight is 171 g/mol. The molecule has 1 aromatic rings. The number of rotatable bonds is 3. The Hall–Kier alpha value is -0.840. The van der Waals surface area contributed by atoms with Gasteiger partial charge in [-0.3, -0.25) is 0 Å². The van der Waals surface area contributed by atoms with Crippen molar-refractivity contribution in [1.82, 2.24) is 0 Å². The normalized spacial score (nSPS) is 16.0. The van der Waals surface area contributed by atoms with Gasteiger partial charge >= 0.3 is 0 Å². The van der Waals surface area contributed by atoms with Crippen molar-refractivity contribution in [3.63, 3.8) is 0 Å². The van der Waals surface area contributed by atoms with E-state index in [4.69, 9.17) is 15.3 Å². The second kappa shape index (κ2) is 3.71. The number of hydrogen-bond donors (Lipinski definition) is 3. The van der Waals surface area contributed by atoms with Gasteiger partial charge in [0.1, 0.15) is 11.9 Å². The van der Waals surface area contributed by atoms with E-state index in [1.807, 2.05) is 6.92 Å². The molecule has 0 bridgehead atoms. The summed E-state index contributed by atoms with van der Waals surface area (Å²) in [7, 11) is 0. The zero-order chi connectivity index (χ0) is 9.14. The minimum Gasteiger partial charge on any atom is -0.466 e. The first-order valence-corrected chi connectivity index (χ1v) is 3.75. The summed E-state index contributed by atoms with van der Waals surface area (Å²) in [5, 5.41) is 18.1. The third-order valence-corrected chi connectivity index (χ3v) is 1.79. The van der Waals surface area contributed by atoms with E-state index in [1.54, 1.807) is 6.07 Å². The Balaban J connectivity index is 2.77. The SMILES string of the molecule is Cc1ccoc1C(O)C(N)CO. The highest BCUT2D eigenvalue weighted by Crippen LogP contribution is 2.20. The summed E-state index contributed by atoms with van der Waals surface area (Å²) < 4.78 is 5.01. The Morgan fingerprint density at radius 2 is 2.33 bits per heavy atom. The van der Waals surface area contributed by atoms with Crippen molar-refractivity contribution in [2.45, 2.75) is 19.1 Å². The molecule has 68 valence electrons. The molecule has 1 rings (SSSR count). The van der Waals surface area contributed by atoms with Gasteiger partial charge in [0.2, 0.25) is 0 Å². The van der Waals surface area contributed by atoms with Gasteiger partial charge in [-0.15, -0.1) is 0 Å². The van der Waals surface area contributed by atoms with Gasteiger partial charge in [0.05, 0.1) is 18.9 Å². The minimum absolute atomic E-state index is 0.263. The first-order valence-electron chi connectivity index (χ1n) is 3.75. The molecule has 0 radical (unpaired) electrons. The second-order valence-electron chi connectivity index (χ2n) is 2.76. The predicted molar refractivity (Wildman–Crippen MR) is 43.5 cm³/mol. The highest BCUT2D eigenvalue weighted by molar-refractivity contribution is 5.17. The highest BCUT2D eigenvalue weighted by atomic mass is 16.4. The maximum absolute atomic E-state index is 9.48. The number of hydrogen-bond acceptors (Lipinski definition) is 4. The third kappa shape index (κ3) is 1.66. The minimum atomic E-state index is -0.926. The number of aliphatic hydroxyl groups excluding tert-OH is 2. The summed E-state index contributed by atoms with van der Waals surface area (Å²) in [6.45, 7) is 1.55. The van der Waals surface area contributed by atoms with Crippen LogP contribution in [-0.4, -0.2) is 22.9 Å². The molecule has 4 heteroatoms. The maximum atomic E-state index is 9.48. The summed E-state index contributed by atoms with van der Waals surface area (Å²) in [6, 6.07) is 1.05. The van der Waals surface area contributed by atoms with Crippen LogP contribution >= 0.6 is 0 Å². The smallest absolute Gasteiger partial charge is 0.136 e. The van der Waals surface area contributed by atoms with Crippen molar-refractivity contribution < 1.29 is 14.6 Å². The van der Waals surface area contributed by atoms with Crippen molar-refractivity contribution in [2.24, 2.45) is 5.73 Å². The van der Waals surface area contributed by atoms with Crippen molar-refractivity contribution in [3.05, 3.63) is 23.7 Å². The van der Waals surface area contributed by atoms with Gasteiger partial charge in [-0.1, -0.05) is 0 Å². The van der Waals surface area contributed by atoms with Crippen molar-refractivity contribution in [2.75, 3.05) is 6.61 Å². The van der Waals surface area contributed by atoms with Crippen molar-refractivity contribution in [1.29, 1.82) is 0 Å². The topological polar surface area (TPSA) is 79.6 Å². The van der Waals surface area contributed by atoms with Crippen LogP contribution < -0.4 is 5.73 Å². The van der Waals surface area contributed by atoms with Crippen LogP contribution in [0.25, 0.3) is 0 Å². The van der Waals surface area contributed by atoms with E-state index >= 15 is 0 Å². The number of nitrogens with two attached hydrogens (primary N) is 1. The van der Waals surface area contributed by atoms with Gasteiger partial charge in [-0.25, -0.2) is 0 Å². The van der Waals surface area contributed by atoms with Crippen LogP contribution in [0.4, 0.5) is 0 Å². The molecule has 0 aliphatic rings. The molecule has 0 spiro atoms. The fourth-order valence-corrected chi connectivity index (χ4v) is 0.982. The zero-order valence-electron chi connectivity index (χ0n) is 6.90. The van der Waals surface area contributed by atoms with Gasteiger partial charge in [-0.2, -0.15) is 0 Å². The zero-order valence-corrected chi connectivity index (χ0v) is 6.90. The standard InChI is InChI=1S/C8H13NO3/c1-5-2-3-12-8(5)7(11)6(9)4-10/h2-3,6-7,10-11H,4,9H2,1H3. The van der Waals surface area contributed by atoms with E-state index in [2.05, 4.69) is 0 Å². The first-order chi connectivity index (χ1) is 5.66. The summed E-state index contributed by atoms with van der Waals surface area (Å²) >= 11 is 0. The van der Waals surface area contributed by atoms with Gasteiger partial charge in [0.25, 0.3) is 0 Å². The van der Waals surface area contributed by atoms with Crippen LogP contribution in [0.15, 0.2) is 16.7 Å². The van der Waals surface area contributed by atoms with E-state index in [1.165, 1.54) is 6.26 Å². The molecule has 12 heavy (non-hydrogen) atoms. The fraction of sp³-hybridized carbons (Fsp3) is 0.500. The molecule has 2 atom stereocenters. The molecule has 0 saturated heterocycles. The van der Waals surface area contributed by atoms with Gasteiger partial charge in [0, 0.05) is 0 Å². The summed E-state index contributed by atoms with van der Waals surface area (Å²) in [6.07, 6.45) is 0.558. The van der Waals surface area contributed by atoms with E-state index < -0.39 is 12.1 Å². The quantitative estimate of drug-likeness (QED) is 0.595. The molecule has 4 N–H and O–H groups in total.